The van der Waals surface area contributed by atoms with Crippen molar-refractivity contribution in [1.29, 1.82) is 0 Å². The van der Waals surface area contributed by atoms with Gasteiger partial charge in [0.1, 0.15) is 6.04 Å². The number of amides is 1. The van der Waals surface area contributed by atoms with Crippen molar-refractivity contribution in [1.82, 2.24) is 9.47 Å². The molecule has 0 saturated carbocycles. The van der Waals surface area contributed by atoms with E-state index in [4.69, 9.17) is 14.2 Å². The molecule has 0 aliphatic carbocycles. The van der Waals surface area contributed by atoms with Gasteiger partial charge in [0, 0.05) is 25.5 Å². The van der Waals surface area contributed by atoms with E-state index >= 15 is 0 Å². The normalized spacial score (nSPS) is 18.7. The Labute approximate surface area is 178 Å². The molecule has 4 rings (SSSR count). The minimum Gasteiger partial charge on any atom is -0.493 e. The number of methoxy groups -OCH3 is 2. The summed E-state index contributed by atoms with van der Waals surface area (Å²) in [5, 5.41) is 0. The monoisotopic (exact) mass is 412 g/mol. The molecule has 1 aromatic carbocycles. The molecule has 1 fully saturated rings. The second-order valence-corrected chi connectivity index (χ2v) is 8.22. The SMILES string of the molecule is CCCC(C(=O)N1CCC2(CC1)OCCc1cc(OC)c(OC)cc12)n1cccc1. The van der Waals surface area contributed by atoms with Crippen LogP contribution in [-0.2, 0) is 21.6 Å². The molecule has 2 aliphatic heterocycles. The minimum absolute atomic E-state index is 0.122. The predicted molar refractivity (Wildman–Crippen MR) is 115 cm³/mol. The van der Waals surface area contributed by atoms with Crippen molar-refractivity contribution in [2.45, 2.75) is 50.7 Å². The average molecular weight is 413 g/mol. The lowest BCUT2D eigenvalue weighted by molar-refractivity contribution is -0.144. The maximum absolute atomic E-state index is 13.3. The Kier molecular flexibility index (Phi) is 6.04. The van der Waals surface area contributed by atoms with E-state index in [0.717, 1.165) is 43.6 Å². The molecule has 1 amide bonds. The zero-order valence-electron chi connectivity index (χ0n) is 18.2. The standard InChI is InChI=1S/C24H32N2O4/c1-4-7-20(25-11-5-6-12-25)23(27)26-13-9-24(10-14-26)19-17-22(29-3)21(28-2)16-18(19)8-15-30-24/h5-6,11-12,16-17,20H,4,7-10,13-15H2,1-3H3. The Hall–Kier alpha value is -2.47. The number of likely N-dealkylation sites (tertiary alicyclic amines) is 1. The van der Waals surface area contributed by atoms with Crippen LogP contribution in [0.1, 0.15) is 49.8 Å². The first kappa shape index (κ1) is 20.8. The lowest BCUT2D eigenvalue weighted by atomic mass is 9.79. The number of hydrogen-bond acceptors (Lipinski definition) is 4. The van der Waals surface area contributed by atoms with Crippen LogP contribution in [0.2, 0.25) is 0 Å². The van der Waals surface area contributed by atoms with Gasteiger partial charge in [-0.1, -0.05) is 13.3 Å². The maximum Gasteiger partial charge on any atom is 0.245 e. The Bertz CT molecular complexity index is 870. The highest BCUT2D eigenvalue weighted by atomic mass is 16.5. The highest BCUT2D eigenvalue weighted by Gasteiger charge is 2.43. The van der Waals surface area contributed by atoms with Crippen molar-refractivity contribution in [2.75, 3.05) is 33.9 Å². The molecular weight excluding hydrogens is 380 g/mol. The molecule has 1 unspecified atom stereocenters. The summed E-state index contributed by atoms with van der Waals surface area (Å²) in [6, 6.07) is 8.00. The highest BCUT2D eigenvalue weighted by Crippen LogP contribution is 2.45. The van der Waals surface area contributed by atoms with Gasteiger partial charge < -0.3 is 23.7 Å². The van der Waals surface area contributed by atoms with Gasteiger partial charge in [-0.2, -0.15) is 0 Å². The molecule has 162 valence electrons. The molecule has 6 heteroatoms. The number of carbonyl (C=O) groups is 1. The zero-order chi connectivity index (χ0) is 21.1. The van der Waals surface area contributed by atoms with Gasteiger partial charge >= 0.3 is 0 Å². The summed E-state index contributed by atoms with van der Waals surface area (Å²) in [5.41, 5.74) is 2.10. The third kappa shape index (κ3) is 3.69. The van der Waals surface area contributed by atoms with Gasteiger partial charge in [-0.15, -0.1) is 0 Å². The summed E-state index contributed by atoms with van der Waals surface area (Å²) in [4.78, 5) is 15.3. The van der Waals surface area contributed by atoms with E-state index in [1.165, 1.54) is 11.1 Å². The van der Waals surface area contributed by atoms with Crippen molar-refractivity contribution in [2.24, 2.45) is 0 Å². The Balaban J connectivity index is 1.54. The molecule has 2 aromatic rings. The fourth-order valence-corrected chi connectivity index (χ4v) is 4.93. The topological polar surface area (TPSA) is 52.9 Å². The summed E-state index contributed by atoms with van der Waals surface area (Å²) < 4.78 is 19.5. The fourth-order valence-electron chi connectivity index (χ4n) is 4.93. The van der Waals surface area contributed by atoms with Crippen molar-refractivity contribution in [3.8, 4) is 11.5 Å². The molecule has 0 N–H and O–H groups in total. The van der Waals surface area contributed by atoms with Crippen LogP contribution < -0.4 is 9.47 Å². The molecule has 1 saturated heterocycles. The molecule has 3 heterocycles. The predicted octanol–water partition coefficient (Wildman–Crippen LogP) is 3.94. The Morgan fingerprint density at radius 2 is 1.80 bits per heavy atom. The molecule has 6 nitrogen and oxygen atoms in total. The summed E-state index contributed by atoms with van der Waals surface area (Å²) in [6.45, 7) is 4.23. The first-order valence-corrected chi connectivity index (χ1v) is 10.9. The van der Waals surface area contributed by atoms with Gasteiger partial charge in [0.05, 0.1) is 26.4 Å². The third-order valence-electron chi connectivity index (χ3n) is 6.57. The second-order valence-electron chi connectivity index (χ2n) is 8.22. The Morgan fingerprint density at radius 1 is 1.13 bits per heavy atom. The maximum atomic E-state index is 13.3. The number of ether oxygens (including phenoxy) is 3. The van der Waals surface area contributed by atoms with Gasteiger partial charge in [-0.3, -0.25) is 4.79 Å². The van der Waals surface area contributed by atoms with Crippen molar-refractivity contribution >= 4 is 5.91 Å². The van der Waals surface area contributed by atoms with E-state index in [-0.39, 0.29) is 17.6 Å². The lowest BCUT2D eigenvalue weighted by Gasteiger charge is -2.45. The van der Waals surface area contributed by atoms with Crippen LogP contribution in [0.5, 0.6) is 11.5 Å². The third-order valence-corrected chi connectivity index (χ3v) is 6.57. The number of fused-ring (bicyclic) bond motifs is 2. The second kappa shape index (κ2) is 8.72. The van der Waals surface area contributed by atoms with E-state index in [9.17, 15) is 4.79 Å². The van der Waals surface area contributed by atoms with E-state index in [0.29, 0.717) is 19.7 Å². The van der Waals surface area contributed by atoms with Gasteiger partial charge in [-0.05, 0) is 61.1 Å². The lowest BCUT2D eigenvalue weighted by Crippen LogP contribution is -2.49. The van der Waals surface area contributed by atoms with Crippen molar-refractivity contribution in [3.63, 3.8) is 0 Å². The number of benzene rings is 1. The summed E-state index contributed by atoms with van der Waals surface area (Å²) in [7, 11) is 3.33. The first-order valence-electron chi connectivity index (χ1n) is 10.9. The van der Waals surface area contributed by atoms with Gasteiger partial charge in [0.25, 0.3) is 0 Å². The molecule has 2 aliphatic rings. The van der Waals surface area contributed by atoms with Crippen LogP contribution in [0, 0.1) is 0 Å². The van der Waals surface area contributed by atoms with Crippen LogP contribution >= 0.6 is 0 Å². The van der Waals surface area contributed by atoms with Gasteiger partial charge in [0.15, 0.2) is 11.5 Å². The molecular formula is C24H32N2O4. The van der Waals surface area contributed by atoms with E-state index in [1.54, 1.807) is 14.2 Å². The largest absolute Gasteiger partial charge is 0.493 e. The molecule has 0 radical (unpaired) electrons. The van der Waals surface area contributed by atoms with Crippen LogP contribution in [-0.4, -0.2) is 49.3 Å². The van der Waals surface area contributed by atoms with Gasteiger partial charge in [-0.25, -0.2) is 0 Å². The summed E-state index contributed by atoms with van der Waals surface area (Å²) in [6.07, 6.45) is 8.27. The number of piperidine rings is 1. The van der Waals surface area contributed by atoms with Gasteiger partial charge in [0.2, 0.25) is 5.91 Å². The number of nitrogens with zero attached hydrogens (tertiary/aromatic N) is 2. The summed E-state index contributed by atoms with van der Waals surface area (Å²) in [5.74, 6) is 1.71. The van der Waals surface area contributed by atoms with Crippen molar-refractivity contribution < 1.29 is 19.0 Å². The molecule has 1 spiro atoms. The number of aromatic nitrogens is 1. The van der Waals surface area contributed by atoms with Crippen LogP contribution in [0.25, 0.3) is 0 Å². The van der Waals surface area contributed by atoms with E-state index in [2.05, 4.69) is 19.1 Å². The van der Waals surface area contributed by atoms with Crippen LogP contribution in [0.3, 0.4) is 0 Å². The van der Waals surface area contributed by atoms with Crippen LogP contribution in [0.15, 0.2) is 36.7 Å². The molecule has 0 bridgehead atoms. The van der Waals surface area contributed by atoms with Crippen molar-refractivity contribution in [3.05, 3.63) is 47.8 Å². The van der Waals surface area contributed by atoms with E-state index in [1.807, 2.05) is 34.0 Å². The molecule has 1 aromatic heterocycles. The number of carbonyl (C=O) groups excluding carboxylic acids is 1. The Morgan fingerprint density at radius 3 is 2.43 bits per heavy atom. The average Bonchev–Trinajstić information content (AvgIpc) is 3.31. The van der Waals surface area contributed by atoms with Crippen LogP contribution in [0.4, 0.5) is 0 Å². The highest BCUT2D eigenvalue weighted by molar-refractivity contribution is 5.80. The number of rotatable bonds is 6. The fraction of sp³-hybridized carbons (Fsp3) is 0.542. The molecule has 30 heavy (non-hydrogen) atoms. The molecule has 1 atom stereocenters. The van der Waals surface area contributed by atoms with E-state index < -0.39 is 0 Å². The summed E-state index contributed by atoms with van der Waals surface area (Å²) >= 11 is 0. The quantitative estimate of drug-likeness (QED) is 0.721. The zero-order valence-corrected chi connectivity index (χ0v) is 18.2. The minimum atomic E-state index is -0.350. The first-order chi connectivity index (χ1) is 14.6. The number of hydrogen-bond donors (Lipinski definition) is 0. The smallest absolute Gasteiger partial charge is 0.245 e.